The van der Waals surface area contributed by atoms with E-state index in [2.05, 4.69) is 26.6 Å². The van der Waals surface area contributed by atoms with Crippen molar-refractivity contribution in [3.63, 3.8) is 0 Å². The molecule has 0 atom stereocenters. The fourth-order valence-electron chi connectivity index (χ4n) is 0.992. The zero-order chi connectivity index (χ0) is 12.1. The van der Waals surface area contributed by atoms with Gasteiger partial charge >= 0.3 is 0 Å². The summed E-state index contributed by atoms with van der Waals surface area (Å²) in [6.07, 6.45) is 0. The van der Waals surface area contributed by atoms with Crippen LogP contribution in [0.5, 0.6) is 0 Å². The first-order valence-electron chi connectivity index (χ1n) is 4.48. The van der Waals surface area contributed by atoms with Gasteiger partial charge < -0.3 is 10.6 Å². The molecule has 0 unspecified atom stereocenters. The lowest BCUT2D eigenvalue weighted by molar-refractivity contribution is -0.122. The average Bonchev–Trinajstić information content (AvgIpc) is 2.20. The number of anilines is 1. The molecular formula is C10H10BrClN2O2. The second-order valence-electron chi connectivity index (χ2n) is 3.08. The number of amides is 2. The highest BCUT2D eigenvalue weighted by atomic mass is 79.9. The lowest BCUT2D eigenvalue weighted by atomic mass is 10.3. The zero-order valence-electron chi connectivity index (χ0n) is 8.51. The van der Waals surface area contributed by atoms with Crippen molar-refractivity contribution in [2.75, 3.05) is 11.9 Å². The summed E-state index contributed by atoms with van der Waals surface area (Å²) in [5.41, 5.74) is 0.572. The van der Waals surface area contributed by atoms with Gasteiger partial charge in [0.2, 0.25) is 11.8 Å². The molecule has 86 valence electrons. The highest BCUT2D eigenvalue weighted by molar-refractivity contribution is 9.10. The quantitative estimate of drug-likeness (QED) is 0.899. The van der Waals surface area contributed by atoms with E-state index in [1.165, 1.54) is 6.92 Å². The summed E-state index contributed by atoms with van der Waals surface area (Å²) >= 11 is 9.06. The molecule has 0 radical (unpaired) electrons. The Balaban J connectivity index is 2.62. The van der Waals surface area contributed by atoms with Gasteiger partial charge in [0.15, 0.2) is 0 Å². The molecule has 0 saturated carbocycles. The van der Waals surface area contributed by atoms with Crippen molar-refractivity contribution in [2.24, 2.45) is 0 Å². The summed E-state index contributed by atoms with van der Waals surface area (Å²) in [5.74, 6) is -0.557. The summed E-state index contributed by atoms with van der Waals surface area (Å²) in [4.78, 5) is 22.0. The van der Waals surface area contributed by atoms with Crippen LogP contribution in [0.1, 0.15) is 6.92 Å². The second kappa shape index (κ2) is 5.86. The van der Waals surface area contributed by atoms with Crippen LogP contribution in [0.4, 0.5) is 5.69 Å². The van der Waals surface area contributed by atoms with Crippen molar-refractivity contribution < 1.29 is 9.59 Å². The smallest absolute Gasteiger partial charge is 0.243 e. The van der Waals surface area contributed by atoms with Gasteiger partial charge in [0.05, 0.1) is 12.2 Å². The van der Waals surface area contributed by atoms with E-state index in [9.17, 15) is 9.59 Å². The van der Waals surface area contributed by atoms with E-state index in [4.69, 9.17) is 11.6 Å². The highest BCUT2D eigenvalue weighted by Crippen LogP contribution is 2.25. The third-order valence-corrected chi connectivity index (χ3v) is 2.63. The molecular weight excluding hydrogens is 295 g/mol. The van der Waals surface area contributed by atoms with Gasteiger partial charge in [-0.2, -0.15) is 0 Å². The van der Waals surface area contributed by atoms with Gasteiger partial charge in [0.25, 0.3) is 0 Å². The number of nitrogens with one attached hydrogen (secondary N) is 2. The molecule has 1 aromatic carbocycles. The fraction of sp³-hybridized carbons (Fsp3) is 0.200. The maximum absolute atomic E-state index is 11.4. The van der Waals surface area contributed by atoms with Crippen molar-refractivity contribution >= 4 is 45.0 Å². The molecule has 0 fully saturated rings. The Labute approximate surface area is 106 Å². The second-order valence-corrected chi connectivity index (χ2v) is 4.37. The standard InChI is InChI=1S/C10H10BrClN2O2/c1-6(15)13-5-10(16)14-9-4-7(12)2-3-8(9)11/h2-4H,5H2,1H3,(H,13,15)(H,14,16). The number of hydrogen-bond acceptors (Lipinski definition) is 2. The average molecular weight is 306 g/mol. The summed E-state index contributed by atoms with van der Waals surface area (Å²) in [6, 6.07) is 5.06. The van der Waals surface area contributed by atoms with Gasteiger partial charge in [0.1, 0.15) is 0 Å². The maximum atomic E-state index is 11.4. The van der Waals surface area contributed by atoms with E-state index >= 15 is 0 Å². The minimum atomic E-state index is -0.307. The van der Waals surface area contributed by atoms with Crippen LogP contribution in [-0.2, 0) is 9.59 Å². The number of halogens is 2. The fourth-order valence-corrected chi connectivity index (χ4v) is 1.51. The van der Waals surface area contributed by atoms with E-state index in [1.54, 1.807) is 18.2 Å². The predicted molar refractivity (Wildman–Crippen MR) is 66.5 cm³/mol. The molecule has 16 heavy (non-hydrogen) atoms. The molecule has 1 aromatic rings. The Morgan fingerprint density at radius 2 is 2.12 bits per heavy atom. The lowest BCUT2D eigenvalue weighted by Crippen LogP contribution is -2.31. The zero-order valence-corrected chi connectivity index (χ0v) is 10.9. The Kier molecular flexibility index (Phi) is 4.76. The van der Waals surface area contributed by atoms with Crippen LogP contribution in [0.25, 0.3) is 0 Å². The maximum Gasteiger partial charge on any atom is 0.243 e. The molecule has 6 heteroatoms. The van der Waals surface area contributed by atoms with E-state index in [0.717, 1.165) is 4.47 Å². The van der Waals surface area contributed by atoms with Crippen LogP contribution >= 0.6 is 27.5 Å². The Hall–Kier alpha value is -1.07. The monoisotopic (exact) mass is 304 g/mol. The van der Waals surface area contributed by atoms with E-state index in [-0.39, 0.29) is 18.4 Å². The SMILES string of the molecule is CC(=O)NCC(=O)Nc1cc(Cl)ccc1Br. The third kappa shape index (κ3) is 4.20. The summed E-state index contributed by atoms with van der Waals surface area (Å²) in [6.45, 7) is 1.29. The minimum Gasteiger partial charge on any atom is -0.347 e. The van der Waals surface area contributed by atoms with Crippen molar-refractivity contribution in [3.8, 4) is 0 Å². The van der Waals surface area contributed by atoms with Crippen LogP contribution in [0, 0.1) is 0 Å². The van der Waals surface area contributed by atoms with Crippen molar-refractivity contribution in [1.29, 1.82) is 0 Å². The molecule has 0 aliphatic rings. The first kappa shape index (κ1) is 13.0. The lowest BCUT2D eigenvalue weighted by Gasteiger charge is -2.07. The first-order chi connectivity index (χ1) is 7.49. The highest BCUT2D eigenvalue weighted by Gasteiger charge is 2.06. The van der Waals surface area contributed by atoms with Gasteiger partial charge in [-0.05, 0) is 34.1 Å². The summed E-state index contributed by atoms with van der Waals surface area (Å²) in [5, 5.41) is 5.55. The van der Waals surface area contributed by atoms with Crippen LogP contribution in [0.2, 0.25) is 5.02 Å². The van der Waals surface area contributed by atoms with E-state index in [1.807, 2.05) is 0 Å². The Morgan fingerprint density at radius 1 is 1.44 bits per heavy atom. The third-order valence-electron chi connectivity index (χ3n) is 1.70. The molecule has 4 nitrogen and oxygen atoms in total. The molecule has 0 saturated heterocycles. The predicted octanol–water partition coefficient (Wildman–Crippen LogP) is 2.18. The molecule has 0 heterocycles. The number of rotatable bonds is 3. The van der Waals surface area contributed by atoms with Crippen LogP contribution in [-0.4, -0.2) is 18.4 Å². The normalized spacial score (nSPS) is 9.69. The molecule has 0 spiro atoms. The van der Waals surface area contributed by atoms with Crippen molar-refractivity contribution in [1.82, 2.24) is 5.32 Å². The number of carbonyl (C=O) groups is 2. The Bertz CT molecular complexity index is 423. The largest absolute Gasteiger partial charge is 0.347 e. The molecule has 0 aromatic heterocycles. The van der Waals surface area contributed by atoms with Crippen LogP contribution in [0.15, 0.2) is 22.7 Å². The topological polar surface area (TPSA) is 58.2 Å². The van der Waals surface area contributed by atoms with E-state index in [0.29, 0.717) is 10.7 Å². The van der Waals surface area contributed by atoms with Crippen LogP contribution < -0.4 is 10.6 Å². The minimum absolute atomic E-state index is 0.0612. The van der Waals surface area contributed by atoms with Crippen molar-refractivity contribution in [2.45, 2.75) is 6.92 Å². The van der Waals surface area contributed by atoms with E-state index < -0.39 is 0 Å². The van der Waals surface area contributed by atoms with Crippen molar-refractivity contribution in [3.05, 3.63) is 27.7 Å². The summed E-state index contributed by atoms with van der Waals surface area (Å²) < 4.78 is 0.730. The van der Waals surface area contributed by atoms with Gasteiger partial charge in [0, 0.05) is 16.4 Å². The van der Waals surface area contributed by atoms with Gasteiger partial charge in [-0.25, -0.2) is 0 Å². The van der Waals surface area contributed by atoms with Gasteiger partial charge in [-0.1, -0.05) is 11.6 Å². The van der Waals surface area contributed by atoms with Gasteiger partial charge in [-0.15, -0.1) is 0 Å². The van der Waals surface area contributed by atoms with Crippen LogP contribution in [0.3, 0.4) is 0 Å². The Morgan fingerprint density at radius 3 is 2.75 bits per heavy atom. The first-order valence-corrected chi connectivity index (χ1v) is 5.65. The molecule has 2 N–H and O–H groups in total. The molecule has 0 aliphatic heterocycles. The number of hydrogen-bond donors (Lipinski definition) is 2. The molecule has 2 amide bonds. The number of carbonyl (C=O) groups excluding carboxylic acids is 2. The van der Waals surface area contributed by atoms with Gasteiger partial charge in [-0.3, -0.25) is 9.59 Å². The molecule has 0 bridgehead atoms. The molecule has 0 aliphatic carbocycles. The number of benzene rings is 1. The summed E-state index contributed by atoms with van der Waals surface area (Å²) in [7, 11) is 0. The molecule has 1 rings (SSSR count).